The number of carboxylic acid groups (broad SMARTS) is 1. The molecule has 182 valence electrons. The quantitative estimate of drug-likeness (QED) is 0.393. The van der Waals surface area contributed by atoms with E-state index in [0.29, 0.717) is 12.2 Å². The monoisotopic (exact) mass is 472 g/mol. The highest BCUT2D eigenvalue weighted by molar-refractivity contribution is 5.96. The van der Waals surface area contributed by atoms with Crippen LogP contribution in [0, 0.1) is 6.92 Å². The number of anilines is 2. The molecule has 1 fully saturated rings. The van der Waals surface area contributed by atoms with Crippen LogP contribution in [0.3, 0.4) is 0 Å². The first kappa shape index (κ1) is 24.1. The summed E-state index contributed by atoms with van der Waals surface area (Å²) < 4.78 is 5.35. The number of aryl methyl sites for hydroxylation is 1. The summed E-state index contributed by atoms with van der Waals surface area (Å²) in [5.74, 6) is 0.566. The van der Waals surface area contributed by atoms with Crippen LogP contribution in [-0.4, -0.2) is 54.7 Å². The molecule has 7 heteroatoms. The molecule has 0 amide bonds. The first-order valence-electron chi connectivity index (χ1n) is 11.8. The predicted octanol–water partition coefficient (Wildman–Crippen LogP) is 4.88. The molecule has 1 aliphatic heterocycles. The van der Waals surface area contributed by atoms with Crippen LogP contribution in [0.4, 0.5) is 11.4 Å². The fraction of sp³-hybridized carbons (Fsp3) is 0.286. The molecule has 4 rings (SSSR count). The molecule has 0 unspecified atom stereocenters. The highest BCUT2D eigenvalue weighted by Gasteiger charge is 2.26. The van der Waals surface area contributed by atoms with Gasteiger partial charge in [0.2, 0.25) is 0 Å². The second kappa shape index (κ2) is 11.0. The lowest BCUT2D eigenvalue weighted by Gasteiger charge is -2.42. The number of ether oxygens (including phenoxy) is 1. The fourth-order valence-corrected chi connectivity index (χ4v) is 4.35. The van der Waals surface area contributed by atoms with Crippen LogP contribution >= 0.6 is 0 Å². The van der Waals surface area contributed by atoms with Crippen LogP contribution < -0.4 is 15.0 Å². The van der Waals surface area contributed by atoms with E-state index < -0.39 is 5.97 Å². The average Bonchev–Trinajstić information content (AvgIpc) is 2.86. The molecule has 0 aliphatic carbocycles. The Kier molecular flexibility index (Phi) is 7.55. The zero-order valence-electron chi connectivity index (χ0n) is 20.4. The Bertz CT molecular complexity index is 1210. The lowest BCUT2D eigenvalue weighted by atomic mass is 10.1. The van der Waals surface area contributed by atoms with Gasteiger partial charge in [0.15, 0.2) is 5.96 Å². The number of guanidine groups is 1. The van der Waals surface area contributed by atoms with E-state index in [1.165, 1.54) is 11.3 Å². The van der Waals surface area contributed by atoms with Gasteiger partial charge in [-0.2, -0.15) is 0 Å². The van der Waals surface area contributed by atoms with Crippen molar-refractivity contribution in [2.45, 2.75) is 26.4 Å². The summed E-state index contributed by atoms with van der Waals surface area (Å²) in [6.07, 6.45) is 0. The highest BCUT2D eigenvalue weighted by Crippen LogP contribution is 2.23. The van der Waals surface area contributed by atoms with Gasteiger partial charge in [0, 0.05) is 37.1 Å². The largest absolute Gasteiger partial charge is 0.497 e. The van der Waals surface area contributed by atoms with Crippen molar-refractivity contribution in [2.24, 2.45) is 4.99 Å². The number of nitrogens with one attached hydrogen (secondary N) is 1. The van der Waals surface area contributed by atoms with E-state index in [4.69, 9.17) is 9.73 Å². The third-order valence-electron chi connectivity index (χ3n) is 6.17. The molecule has 7 nitrogen and oxygen atoms in total. The summed E-state index contributed by atoms with van der Waals surface area (Å²) in [6, 6.07) is 23.6. The molecule has 0 aromatic heterocycles. The van der Waals surface area contributed by atoms with Gasteiger partial charge in [-0.1, -0.05) is 30.3 Å². The molecule has 1 saturated heterocycles. The molecule has 0 saturated carbocycles. The number of hydrogen-bond donors (Lipinski definition) is 2. The van der Waals surface area contributed by atoms with Crippen LogP contribution in [0.25, 0.3) is 0 Å². The molecule has 3 aromatic carbocycles. The minimum atomic E-state index is -0.955. The van der Waals surface area contributed by atoms with Crippen LogP contribution in [0.5, 0.6) is 5.75 Å². The maximum atomic E-state index is 11.5. The Morgan fingerprint density at radius 1 is 1.09 bits per heavy atom. The third kappa shape index (κ3) is 6.12. The third-order valence-corrected chi connectivity index (χ3v) is 6.17. The second-order valence-corrected chi connectivity index (χ2v) is 8.83. The first-order chi connectivity index (χ1) is 16.9. The molecule has 1 atom stereocenters. The van der Waals surface area contributed by atoms with Crippen molar-refractivity contribution in [2.75, 3.05) is 37.0 Å². The van der Waals surface area contributed by atoms with E-state index in [-0.39, 0.29) is 11.6 Å². The first-order valence-corrected chi connectivity index (χ1v) is 11.8. The molecule has 1 heterocycles. The van der Waals surface area contributed by atoms with Crippen molar-refractivity contribution in [3.8, 4) is 5.75 Å². The van der Waals surface area contributed by atoms with E-state index >= 15 is 0 Å². The van der Waals surface area contributed by atoms with Crippen molar-refractivity contribution >= 4 is 23.3 Å². The van der Waals surface area contributed by atoms with E-state index in [9.17, 15) is 9.90 Å². The number of piperazine rings is 1. The van der Waals surface area contributed by atoms with E-state index in [1.807, 2.05) is 30.3 Å². The van der Waals surface area contributed by atoms with Crippen molar-refractivity contribution < 1.29 is 14.6 Å². The van der Waals surface area contributed by atoms with Gasteiger partial charge in [-0.15, -0.1) is 0 Å². The molecule has 3 aromatic rings. The van der Waals surface area contributed by atoms with Gasteiger partial charge in [-0.25, -0.2) is 9.79 Å². The lowest BCUT2D eigenvalue weighted by Crippen LogP contribution is -2.55. The zero-order chi connectivity index (χ0) is 24.8. The molecule has 0 radical (unpaired) electrons. The number of rotatable bonds is 6. The SMILES string of the molecule is COc1cccc(CN=C(Nc2cccc(C(=O)O)c2)N2CCN(c3cccc(C)c3)[C@@H](C)C2)c1. The molecule has 35 heavy (non-hydrogen) atoms. The number of aromatic carboxylic acids is 1. The minimum absolute atomic E-state index is 0.236. The van der Waals surface area contributed by atoms with Gasteiger partial charge in [-0.3, -0.25) is 0 Å². The molecular formula is C28H32N4O3. The smallest absolute Gasteiger partial charge is 0.335 e. The standard InChI is InChI=1S/C28H32N4O3/c1-20-7-4-11-25(15-20)32-14-13-31(19-21(32)2)28(29-18-22-8-5-12-26(16-22)35-3)30-24-10-6-9-23(17-24)27(33)34/h4-12,15-17,21H,13-14,18-19H2,1-3H3,(H,29,30)(H,33,34)/t21-/m0/s1. The van der Waals surface area contributed by atoms with Crippen molar-refractivity contribution in [3.63, 3.8) is 0 Å². The number of nitrogens with zero attached hydrogens (tertiary/aromatic N) is 3. The average molecular weight is 473 g/mol. The van der Waals surface area contributed by atoms with Crippen LogP contribution in [0.15, 0.2) is 77.8 Å². The Hall–Kier alpha value is -4.00. The number of carboxylic acids is 1. The zero-order valence-corrected chi connectivity index (χ0v) is 20.4. The summed E-state index contributed by atoms with van der Waals surface area (Å²) in [5, 5.41) is 12.8. The Morgan fingerprint density at radius 2 is 1.89 bits per heavy atom. The molecule has 0 bridgehead atoms. The molecular weight excluding hydrogens is 440 g/mol. The van der Waals surface area contributed by atoms with E-state index in [1.54, 1.807) is 25.3 Å². The predicted molar refractivity (Wildman–Crippen MR) is 141 cm³/mol. The number of benzene rings is 3. The fourth-order valence-electron chi connectivity index (χ4n) is 4.35. The van der Waals surface area contributed by atoms with Gasteiger partial charge in [-0.05, 0) is 67.4 Å². The number of carbonyl (C=O) groups is 1. The summed E-state index contributed by atoms with van der Waals surface area (Å²) in [6.45, 7) is 7.25. The van der Waals surface area contributed by atoms with Crippen molar-refractivity contribution in [3.05, 3.63) is 89.5 Å². The van der Waals surface area contributed by atoms with Gasteiger partial charge in [0.25, 0.3) is 0 Å². The number of hydrogen-bond acceptors (Lipinski definition) is 4. The Balaban J connectivity index is 1.57. The highest BCUT2D eigenvalue weighted by atomic mass is 16.5. The number of methoxy groups -OCH3 is 1. The molecule has 1 aliphatic rings. The summed E-state index contributed by atoms with van der Waals surface area (Å²) in [4.78, 5) is 21.0. The van der Waals surface area contributed by atoms with Crippen LogP contribution in [-0.2, 0) is 6.54 Å². The summed E-state index contributed by atoms with van der Waals surface area (Å²) in [7, 11) is 1.65. The second-order valence-electron chi connectivity index (χ2n) is 8.83. The van der Waals surface area contributed by atoms with E-state index in [0.717, 1.165) is 36.9 Å². The Labute approximate surface area is 206 Å². The normalized spacial score (nSPS) is 16.2. The summed E-state index contributed by atoms with van der Waals surface area (Å²) in [5.41, 5.74) is 4.45. The maximum Gasteiger partial charge on any atom is 0.335 e. The van der Waals surface area contributed by atoms with Gasteiger partial charge >= 0.3 is 5.97 Å². The lowest BCUT2D eigenvalue weighted by molar-refractivity contribution is 0.0697. The molecule has 2 N–H and O–H groups in total. The summed E-state index contributed by atoms with van der Waals surface area (Å²) >= 11 is 0. The number of aliphatic imine (C=N–C) groups is 1. The van der Waals surface area contributed by atoms with Gasteiger partial charge < -0.3 is 25.0 Å². The van der Waals surface area contributed by atoms with E-state index in [2.05, 4.69) is 53.2 Å². The Morgan fingerprint density at radius 3 is 2.63 bits per heavy atom. The van der Waals surface area contributed by atoms with Crippen molar-refractivity contribution in [1.82, 2.24) is 4.90 Å². The molecule has 0 spiro atoms. The minimum Gasteiger partial charge on any atom is -0.497 e. The van der Waals surface area contributed by atoms with Gasteiger partial charge in [0.1, 0.15) is 5.75 Å². The van der Waals surface area contributed by atoms with Gasteiger partial charge in [0.05, 0.1) is 19.2 Å². The maximum absolute atomic E-state index is 11.5. The van der Waals surface area contributed by atoms with Crippen LogP contribution in [0.1, 0.15) is 28.4 Å². The van der Waals surface area contributed by atoms with Crippen LogP contribution in [0.2, 0.25) is 0 Å². The van der Waals surface area contributed by atoms with Crippen molar-refractivity contribution in [1.29, 1.82) is 0 Å². The topological polar surface area (TPSA) is 77.4 Å².